The lowest BCUT2D eigenvalue weighted by Gasteiger charge is -2.31. The molecule has 6 heteroatoms. The second-order valence-electron chi connectivity index (χ2n) is 6.69. The van der Waals surface area contributed by atoms with Gasteiger partial charge in [0.1, 0.15) is 10.4 Å². The summed E-state index contributed by atoms with van der Waals surface area (Å²) in [5.41, 5.74) is 3.41. The molecular weight excluding hydrogens is 334 g/mol. The fourth-order valence-electron chi connectivity index (χ4n) is 3.70. The van der Waals surface area contributed by atoms with E-state index in [2.05, 4.69) is 14.9 Å². The lowest BCUT2D eigenvalue weighted by atomic mass is 10.0. The molecule has 25 heavy (non-hydrogen) atoms. The Morgan fingerprint density at radius 2 is 2.08 bits per heavy atom. The maximum atomic E-state index is 12.8. The van der Waals surface area contributed by atoms with Gasteiger partial charge in [-0.15, -0.1) is 11.3 Å². The molecule has 5 heterocycles. The first-order valence-electron chi connectivity index (χ1n) is 8.77. The molecule has 0 unspecified atom stereocenters. The van der Waals surface area contributed by atoms with E-state index in [-0.39, 0.29) is 5.56 Å². The Bertz CT molecular complexity index is 989. The summed E-state index contributed by atoms with van der Waals surface area (Å²) in [6, 6.07) is 3.95. The Hall–Kier alpha value is -2.18. The number of aromatic nitrogens is 2. The number of nitrogens with one attached hydrogen (secondary N) is 1. The highest BCUT2D eigenvalue weighted by Crippen LogP contribution is 2.46. The summed E-state index contributed by atoms with van der Waals surface area (Å²) in [5.74, 6) is 0.884. The first-order valence-corrected chi connectivity index (χ1v) is 9.59. The third-order valence-corrected chi connectivity index (χ3v) is 6.31. The lowest BCUT2D eigenvalue weighted by molar-refractivity contribution is 0.170. The van der Waals surface area contributed by atoms with Crippen molar-refractivity contribution in [3.05, 3.63) is 46.1 Å². The molecule has 3 aromatic rings. The summed E-state index contributed by atoms with van der Waals surface area (Å²) in [6.45, 7) is 3.76. The maximum Gasteiger partial charge on any atom is 0.266 e. The molecule has 0 spiro atoms. The molecule has 2 aliphatic heterocycles. The van der Waals surface area contributed by atoms with Crippen LogP contribution in [0.15, 0.2) is 29.3 Å². The van der Waals surface area contributed by atoms with Gasteiger partial charge in [-0.05, 0) is 55.6 Å². The number of thiophene rings is 1. The number of H-pyrrole nitrogens is 1. The largest absolute Gasteiger partial charge is 0.491 e. The minimum atomic E-state index is 0.00586. The highest BCUT2D eigenvalue weighted by Gasteiger charge is 2.26. The van der Waals surface area contributed by atoms with E-state index in [1.54, 1.807) is 12.4 Å². The number of ether oxygens (including phenoxy) is 1. The van der Waals surface area contributed by atoms with E-state index >= 15 is 0 Å². The van der Waals surface area contributed by atoms with Crippen LogP contribution in [0.25, 0.3) is 20.5 Å². The lowest BCUT2D eigenvalue weighted by Crippen LogP contribution is -2.37. The van der Waals surface area contributed by atoms with Gasteiger partial charge in [0.15, 0.2) is 0 Å². The van der Waals surface area contributed by atoms with Crippen LogP contribution in [-0.4, -0.2) is 34.6 Å². The molecule has 3 aromatic heterocycles. The van der Waals surface area contributed by atoms with E-state index in [0.29, 0.717) is 6.61 Å². The molecule has 0 radical (unpaired) electrons. The van der Waals surface area contributed by atoms with Crippen molar-refractivity contribution in [3.63, 3.8) is 0 Å². The van der Waals surface area contributed by atoms with Crippen LogP contribution in [0.1, 0.15) is 24.1 Å². The third kappa shape index (κ3) is 2.48. The smallest absolute Gasteiger partial charge is 0.266 e. The molecule has 5 rings (SSSR count). The van der Waals surface area contributed by atoms with Crippen molar-refractivity contribution < 1.29 is 4.74 Å². The van der Waals surface area contributed by atoms with Crippen molar-refractivity contribution in [2.45, 2.75) is 25.8 Å². The molecule has 0 aromatic carbocycles. The monoisotopic (exact) mass is 353 g/mol. The minimum absolute atomic E-state index is 0.00586. The van der Waals surface area contributed by atoms with E-state index < -0.39 is 0 Å². The number of aromatic amines is 1. The van der Waals surface area contributed by atoms with Crippen molar-refractivity contribution in [1.82, 2.24) is 14.9 Å². The van der Waals surface area contributed by atoms with Crippen LogP contribution in [0.4, 0.5) is 0 Å². The van der Waals surface area contributed by atoms with Gasteiger partial charge in [0, 0.05) is 30.0 Å². The van der Waals surface area contributed by atoms with Crippen molar-refractivity contribution in [2.75, 3.05) is 19.7 Å². The molecule has 5 nitrogen and oxygen atoms in total. The van der Waals surface area contributed by atoms with Gasteiger partial charge in [-0.3, -0.25) is 14.7 Å². The van der Waals surface area contributed by atoms with E-state index in [0.717, 1.165) is 64.4 Å². The molecular formula is C19H19N3O2S. The van der Waals surface area contributed by atoms with Crippen LogP contribution in [0.3, 0.4) is 0 Å². The van der Waals surface area contributed by atoms with Crippen LogP contribution in [0.2, 0.25) is 0 Å². The van der Waals surface area contributed by atoms with E-state index in [1.807, 2.05) is 12.1 Å². The summed E-state index contributed by atoms with van der Waals surface area (Å²) >= 11 is 1.53. The molecule has 1 fully saturated rings. The molecule has 128 valence electrons. The van der Waals surface area contributed by atoms with Crippen LogP contribution in [0.5, 0.6) is 5.75 Å². The minimum Gasteiger partial charge on any atom is -0.491 e. The highest BCUT2D eigenvalue weighted by molar-refractivity contribution is 7.22. The van der Waals surface area contributed by atoms with E-state index in [4.69, 9.17) is 4.74 Å². The van der Waals surface area contributed by atoms with Gasteiger partial charge in [0.2, 0.25) is 0 Å². The fraction of sp³-hybridized carbons (Fsp3) is 0.368. The Kier molecular flexibility index (Phi) is 3.60. The van der Waals surface area contributed by atoms with Crippen LogP contribution < -0.4 is 10.3 Å². The Morgan fingerprint density at radius 1 is 1.24 bits per heavy atom. The van der Waals surface area contributed by atoms with Gasteiger partial charge >= 0.3 is 0 Å². The standard InChI is InChI=1S/C19H19N3O2S/c23-19-18-15-13(14(21-19)11-22-8-2-9-22)3-1-10-24-16(15)17(25-18)12-4-6-20-7-5-12/h4-7H,1-3,8-11H2,(H,21,23). The second kappa shape index (κ2) is 5.97. The fourth-order valence-corrected chi connectivity index (χ4v) is 4.87. The Labute approximate surface area is 149 Å². The maximum absolute atomic E-state index is 12.8. The van der Waals surface area contributed by atoms with Gasteiger partial charge in [-0.25, -0.2) is 0 Å². The predicted octanol–water partition coefficient (Wildman–Crippen LogP) is 3.18. The predicted molar refractivity (Wildman–Crippen MR) is 99.4 cm³/mol. The molecule has 2 aliphatic rings. The number of hydrogen-bond donors (Lipinski definition) is 1. The summed E-state index contributed by atoms with van der Waals surface area (Å²) in [5, 5.41) is 1.04. The zero-order valence-corrected chi connectivity index (χ0v) is 14.7. The van der Waals surface area contributed by atoms with Gasteiger partial charge in [0.05, 0.1) is 11.5 Å². The van der Waals surface area contributed by atoms with Crippen molar-refractivity contribution in [2.24, 2.45) is 0 Å². The number of hydrogen-bond acceptors (Lipinski definition) is 5. The molecule has 0 bridgehead atoms. The van der Waals surface area contributed by atoms with E-state index in [1.165, 1.54) is 23.3 Å². The second-order valence-corrected chi connectivity index (χ2v) is 7.71. The molecule has 1 saturated heterocycles. The first kappa shape index (κ1) is 15.1. The molecule has 0 saturated carbocycles. The van der Waals surface area contributed by atoms with Crippen LogP contribution in [-0.2, 0) is 13.0 Å². The molecule has 1 N–H and O–H groups in total. The number of rotatable bonds is 3. The van der Waals surface area contributed by atoms with Gasteiger partial charge in [-0.2, -0.15) is 0 Å². The highest BCUT2D eigenvalue weighted by atomic mass is 32.1. The van der Waals surface area contributed by atoms with Gasteiger partial charge in [0.25, 0.3) is 5.56 Å². The average Bonchev–Trinajstić information content (AvgIpc) is 2.84. The summed E-state index contributed by atoms with van der Waals surface area (Å²) in [7, 11) is 0. The normalized spacial score (nSPS) is 17.1. The zero-order valence-electron chi connectivity index (χ0n) is 13.9. The van der Waals surface area contributed by atoms with Crippen molar-refractivity contribution in [1.29, 1.82) is 0 Å². The molecule has 0 amide bonds. The zero-order chi connectivity index (χ0) is 16.8. The molecule has 0 aliphatic carbocycles. The first-order chi connectivity index (χ1) is 12.3. The van der Waals surface area contributed by atoms with Gasteiger partial charge < -0.3 is 9.72 Å². The topological polar surface area (TPSA) is 58.2 Å². The van der Waals surface area contributed by atoms with Crippen molar-refractivity contribution in [3.8, 4) is 16.2 Å². The van der Waals surface area contributed by atoms with Gasteiger partial charge in [-0.1, -0.05) is 0 Å². The summed E-state index contributed by atoms with van der Waals surface area (Å²) < 4.78 is 6.91. The summed E-state index contributed by atoms with van der Waals surface area (Å²) in [4.78, 5) is 23.4. The van der Waals surface area contributed by atoms with Crippen molar-refractivity contribution >= 4 is 21.4 Å². The van der Waals surface area contributed by atoms with Crippen LogP contribution >= 0.6 is 11.3 Å². The number of pyridine rings is 2. The summed E-state index contributed by atoms with van der Waals surface area (Å²) in [6.07, 6.45) is 6.74. The SMILES string of the molecule is O=c1[nH]c(CN2CCC2)c2c3c(c(-c4ccncc4)sc13)OCCC2. The Balaban J connectivity index is 1.75. The Morgan fingerprint density at radius 3 is 2.84 bits per heavy atom. The number of likely N-dealkylation sites (tertiary alicyclic amines) is 1. The quantitative estimate of drug-likeness (QED) is 0.786. The third-order valence-electron chi connectivity index (χ3n) is 5.09. The molecule has 0 atom stereocenters. The van der Waals surface area contributed by atoms with E-state index in [9.17, 15) is 4.79 Å². The number of aryl methyl sites for hydroxylation is 1. The van der Waals surface area contributed by atoms with Crippen LogP contribution in [0, 0.1) is 0 Å². The number of nitrogens with zero attached hydrogens (tertiary/aromatic N) is 2. The average molecular weight is 353 g/mol.